The molecule has 0 saturated carbocycles. The van der Waals surface area contributed by atoms with Crippen LogP contribution in [0, 0.1) is 0 Å². The minimum Gasteiger partial charge on any atom is -0.497 e. The van der Waals surface area contributed by atoms with E-state index in [1.54, 1.807) is 7.11 Å². The predicted octanol–water partition coefficient (Wildman–Crippen LogP) is 1.80. The highest BCUT2D eigenvalue weighted by molar-refractivity contribution is 5.85. The Bertz CT molecular complexity index is 587. The quantitative estimate of drug-likeness (QED) is 0.851. The number of nitrogens with one attached hydrogen (secondary N) is 1. The summed E-state index contributed by atoms with van der Waals surface area (Å²) in [5.41, 5.74) is 0.951. The van der Waals surface area contributed by atoms with E-state index >= 15 is 0 Å². The molecule has 98 valence electrons. The van der Waals surface area contributed by atoms with Crippen LogP contribution in [-0.4, -0.2) is 28.2 Å². The molecule has 0 fully saturated rings. The summed E-state index contributed by atoms with van der Waals surface area (Å²) in [5, 5.41) is 11.8. The molecule has 0 radical (unpaired) electrons. The number of hydrogen-bond acceptors (Lipinski definition) is 5. The molecule has 2 aromatic rings. The normalized spacial score (nSPS) is 9.95. The fourth-order valence-electron chi connectivity index (χ4n) is 1.53. The summed E-state index contributed by atoms with van der Waals surface area (Å²) in [6, 6.07) is 8.89. The van der Waals surface area contributed by atoms with Crippen LogP contribution in [0.4, 0.5) is 5.95 Å². The smallest absolute Gasteiger partial charge is 0.354 e. The Morgan fingerprint density at radius 1 is 1.42 bits per heavy atom. The minimum atomic E-state index is -1.08. The van der Waals surface area contributed by atoms with Gasteiger partial charge >= 0.3 is 5.97 Å². The third-order valence-electron chi connectivity index (χ3n) is 2.46. The van der Waals surface area contributed by atoms with Gasteiger partial charge in [-0.15, -0.1) is 0 Å². The van der Waals surface area contributed by atoms with E-state index < -0.39 is 5.97 Å². The van der Waals surface area contributed by atoms with Gasteiger partial charge in [0, 0.05) is 12.7 Å². The number of carbonyl (C=O) groups is 1. The van der Waals surface area contributed by atoms with Crippen LogP contribution >= 0.6 is 0 Å². The maximum absolute atomic E-state index is 10.8. The second-order valence-corrected chi connectivity index (χ2v) is 3.78. The summed E-state index contributed by atoms with van der Waals surface area (Å²) >= 11 is 0. The number of ether oxygens (including phenoxy) is 1. The largest absolute Gasteiger partial charge is 0.497 e. The molecule has 0 aliphatic heterocycles. The lowest BCUT2D eigenvalue weighted by molar-refractivity contribution is 0.0690. The Kier molecular flexibility index (Phi) is 3.92. The van der Waals surface area contributed by atoms with Crippen molar-refractivity contribution in [3.8, 4) is 5.75 Å². The molecule has 0 unspecified atom stereocenters. The van der Waals surface area contributed by atoms with Gasteiger partial charge in [-0.2, -0.15) is 0 Å². The summed E-state index contributed by atoms with van der Waals surface area (Å²) in [5.74, 6) is -0.0333. The number of rotatable bonds is 5. The summed E-state index contributed by atoms with van der Waals surface area (Å²) in [7, 11) is 1.60. The molecular formula is C13H13N3O3. The van der Waals surface area contributed by atoms with Crippen molar-refractivity contribution in [3.05, 3.63) is 47.8 Å². The molecule has 2 rings (SSSR count). The fraction of sp³-hybridized carbons (Fsp3) is 0.154. The van der Waals surface area contributed by atoms with E-state index in [-0.39, 0.29) is 11.6 Å². The number of carboxylic acid groups (broad SMARTS) is 1. The first-order chi connectivity index (χ1) is 9.19. The summed E-state index contributed by atoms with van der Waals surface area (Å²) in [6.45, 7) is 0.486. The van der Waals surface area contributed by atoms with Gasteiger partial charge in [0.2, 0.25) is 5.95 Å². The minimum absolute atomic E-state index is 0.0388. The van der Waals surface area contributed by atoms with E-state index in [2.05, 4.69) is 15.3 Å². The van der Waals surface area contributed by atoms with Gasteiger partial charge in [-0.1, -0.05) is 12.1 Å². The maximum atomic E-state index is 10.8. The van der Waals surface area contributed by atoms with Gasteiger partial charge in [0.1, 0.15) is 5.75 Å². The highest BCUT2D eigenvalue weighted by Crippen LogP contribution is 2.13. The molecular weight excluding hydrogens is 246 g/mol. The lowest BCUT2D eigenvalue weighted by Gasteiger charge is -2.06. The van der Waals surface area contributed by atoms with Gasteiger partial charge in [-0.05, 0) is 23.8 Å². The van der Waals surface area contributed by atoms with Crippen molar-refractivity contribution in [2.24, 2.45) is 0 Å². The number of aromatic nitrogens is 2. The van der Waals surface area contributed by atoms with Crippen LogP contribution in [0.1, 0.15) is 16.1 Å². The second-order valence-electron chi connectivity index (χ2n) is 3.78. The van der Waals surface area contributed by atoms with Gasteiger partial charge in [0.15, 0.2) is 5.69 Å². The average Bonchev–Trinajstić information content (AvgIpc) is 2.45. The van der Waals surface area contributed by atoms with E-state index in [1.807, 2.05) is 24.3 Å². The summed E-state index contributed by atoms with van der Waals surface area (Å²) in [4.78, 5) is 18.6. The number of carboxylic acids is 1. The molecule has 1 heterocycles. The van der Waals surface area contributed by atoms with Crippen LogP contribution in [0.15, 0.2) is 36.5 Å². The number of hydrogen-bond donors (Lipinski definition) is 2. The van der Waals surface area contributed by atoms with Crippen LogP contribution in [0.5, 0.6) is 5.75 Å². The summed E-state index contributed by atoms with van der Waals surface area (Å²) < 4.78 is 5.12. The Balaban J connectivity index is 2.05. The predicted molar refractivity (Wildman–Crippen MR) is 69.3 cm³/mol. The molecule has 1 aromatic carbocycles. The van der Waals surface area contributed by atoms with Crippen LogP contribution in [0.25, 0.3) is 0 Å². The van der Waals surface area contributed by atoms with Crippen LogP contribution in [0.3, 0.4) is 0 Å². The van der Waals surface area contributed by atoms with Gasteiger partial charge < -0.3 is 15.2 Å². The van der Waals surface area contributed by atoms with Gasteiger partial charge in [0.05, 0.1) is 7.11 Å². The summed E-state index contributed by atoms with van der Waals surface area (Å²) in [6.07, 6.45) is 1.41. The molecule has 0 atom stereocenters. The molecule has 0 aliphatic rings. The molecule has 1 aromatic heterocycles. The molecule has 6 heteroatoms. The van der Waals surface area contributed by atoms with E-state index in [4.69, 9.17) is 9.84 Å². The monoisotopic (exact) mass is 259 g/mol. The molecule has 19 heavy (non-hydrogen) atoms. The lowest BCUT2D eigenvalue weighted by atomic mass is 10.2. The van der Waals surface area contributed by atoms with E-state index in [1.165, 1.54) is 12.3 Å². The molecule has 0 aliphatic carbocycles. The van der Waals surface area contributed by atoms with Crippen LogP contribution in [0.2, 0.25) is 0 Å². The van der Waals surface area contributed by atoms with E-state index in [0.29, 0.717) is 6.54 Å². The zero-order chi connectivity index (χ0) is 13.7. The number of benzene rings is 1. The molecule has 2 N–H and O–H groups in total. The van der Waals surface area contributed by atoms with E-state index in [9.17, 15) is 4.79 Å². The third-order valence-corrected chi connectivity index (χ3v) is 2.46. The first-order valence-electron chi connectivity index (χ1n) is 5.62. The van der Waals surface area contributed by atoms with Crippen molar-refractivity contribution < 1.29 is 14.6 Å². The molecule has 0 saturated heterocycles. The van der Waals surface area contributed by atoms with Crippen LogP contribution in [-0.2, 0) is 6.54 Å². The van der Waals surface area contributed by atoms with Crippen molar-refractivity contribution in [3.63, 3.8) is 0 Å². The maximum Gasteiger partial charge on any atom is 0.354 e. The van der Waals surface area contributed by atoms with E-state index in [0.717, 1.165) is 11.3 Å². The number of anilines is 1. The first kappa shape index (κ1) is 12.8. The Labute approximate surface area is 110 Å². The number of nitrogens with zero attached hydrogens (tertiary/aromatic N) is 2. The fourth-order valence-corrected chi connectivity index (χ4v) is 1.53. The van der Waals surface area contributed by atoms with Crippen molar-refractivity contribution in [1.29, 1.82) is 0 Å². The highest BCUT2D eigenvalue weighted by atomic mass is 16.5. The van der Waals surface area contributed by atoms with Crippen molar-refractivity contribution in [2.45, 2.75) is 6.54 Å². The van der Waals surface area contributed by atoms with Crippen molar-refractivity contribution in [1.82, 2.24) is 9.97 Å². The Morgan fingerprint density at radius 3 is 3.00 bits per heavy atom. The highest BCUT2D eigenvalue weighted by Gasteiger charge is 2.05. The first-order valence-corrected chi connectivity index (χ1v) is 5.62. The Hall–Kier alpha value is -2.63. The average molecular weight is 259 g/mol. The standard InChI is InChI=1S/C13H13N3O3/c1-19-10-4-2-3-9(7-10)8-15-13-14-6-5-11(16-13)12(17)18/h2-7H,8H2,1H3,(H,17,18)(H,14,15,16). The molecule has 0 bridgehead atoms. The SMILES string of the molecule is COc1cccc(CNc2nccc(C(=O)O)n2)c1. The molecule has 0 amide bonds. The third kappa shape index (κ3) is 3.41. The van der Waals surface area contributed by atoms with Gasteiger partial charge in [-0.25, -0.2) is 14.8 Å². The number of methoxy groups -OCH3 is 1. The van der Waals surface area contributed by atoms with Crippen LogP contribution < -0.4 is 10.1 Å². The molecule has 0 spiro atoms. The lowest BCUT2D eigenvalue weighted by Crippen LogP contribution is -2.07. The van der Waals surface area contributed by atoms with Crippen molar-refractivity contribution >= 4 is 11.9 Å². The molecule has 6 nitrogen and oxygen atoms in total. The van der Waals surface area contributed by atoms with Crippen molar-refractivity contribution in [2.75, 3.05) is 12.4 Å². The Morgan fingerprint density at radius 2 is 2.26 bits per heavy atom. The topological polar surface area (TPSA) is 84.3 Å². The second kappa shape index (κ2) is 5.81. The zero-order valence-corrected chi connectivity index (χ0v) is 10.3. The number of aromatic carboxylic acids is 1. The van der Waals surface area contributed by atoms with Gasteiger partial charge in [-0.3, -0.25) is 0 Å². The zero-order valence-electron chi connectivity index (χ0n) is 10.3. The van der Waals surface area contributed by atoms with Gasteiger partial charge in [0.25, 0.3) is 0 Å².